The van der Waals surface area contributed by atoms with E-state index in [4.69, 9.17) is 21.1 Å². The molecule has 0 fully saturated rings. The molecule has 0 bridgehead atoms. The third kappa shape index (κ3) is 4.35. The summed E-state index contributed by atoms with van der Waals surface area (Å²) in [6.07, 6.45) is -1.13. The molecule has 140 valence electrons. The van der Waals surface area contributed by atoms with Crippen LogP contribution in [0.5, 0.6) is 5.75 Å². The van der Waals surface area contributed by atoms with E-state index in [0.29, 0.717) is 11.4 Å². The number of hydrogen-bond donors (Lipinski definition) is 2. The molecule has 2 aromatic carbocycles. The first kappa shape index (κ1) is 18.7. The topological polar surface area (TPSA) is 93.7 Å². The molecule has 1 aliphatic rings. The maximum Gasteiger partial charge on any atom is 0.339 e. The lowest BCUT2D eigenvalue weighted by molar-refractivity contribution is -0.123. The Morgan fingerprint density at radius 1 is 1.30 bits per heavy atom. The van der Waals surface area contributed by atoms with Crippen molar-refractivity contribution in [3.05, 3.63) is 52.8 Å². The second-order valence-electron chi connectivity index (χ2n) is 5.71. The number of halogens is 2. The van der Waals surface area contributed by atoms with Crippen molar-refractivity contribution in [1.82, 2.24) is 0 Å². The molecule has 0 saturated heterocycles. The van der Waals surface area contributed by atoms with Crippen LogP contribution in [0.2, 0.25) is 5.02 Å². The predicted octanol–water partition coefficient (Wildman–Crippen LogP) is 2.99. The molecule has 7 nitrogen and oxygen atoms in total. The maximum absolute atomic E-state index is 13.0. The highest BCUT2D eigenvalue weighted by Crippen LogP contribution is 2.29. The maximum atomic E-state index is 13.0. The van der Waals surface area contributed by atoms with Crippen LogP contribution in [-0.4, -0.2) is 30.5 Å². The van der Waals surface area contributed by atoms with E-state index in [2.05, 4.69) is 10.6 Å². The smallest absolute Gasteiger partial charge is 0.339 e. The summed E-state index contributed by atoms with van der Waals surface area (Å²) >= 11 is 5.85. The van der Waals surface area contributed by atoms with Gasteiger partial charge in [-0.1, -0.05) is 11.6 Å². The number of hydrogen-bond acceptors (Lipinski definition) is 5. The lowest BCUT2D eigenvalue weighted by atomic mass is 10.1. The number of esters is 1. The fraction of sp³-hybridized carbons (Fsp3) is 0.167. The van der Waals surface area contributed by atoms with Gasteiger partial charge >= 0.3 is 5.97 Å². The largest absolute Gasteiger partial charge is 0.482 e. The summed E-state index contributed by atoms with van der Waals surface area (Å²) in [6.45, 7) is 1.24. The highest BCUT2D eigenvalue weighted by atomic mass is 35.5. The number of fused-ring (bicyclic) bond motifs is 1. The summed E-state index contributed by atoms with van der Waals surface area (Å²) in [7, 11) is 0. The van der Waals surface area contributed by atoms with Crippen molar-refractivity contribution in [2.45, 2.75) is 13.0 Å². The molecule has 0 spiro atoms. The highest BCUT2D eigenvalue weighted by molar-refractivity contribution is 6.33. The van der Waals surface area contributed by atoms with Crippen LogP contribution in [0.3, 0.4) is 0 Å². The Morgan fingerprint density at radius 2 is 2.07 bits per heavy atom. The van der Waals surface area contributed by atoms with Crippen LogP contribution in [0, 0.1) is 5.82 Å². The Bertz CT molecular complexity index is 934. The molecule has 1 atom stereocenters. The quantitative estimate of drug-likeness (QED) is 0.780. The third-order valence-electron chi connectivity index (χ3n) is 3.69. The van der Waals surface area contributed by atoms with Gasteiger partial charge in [-0.25, -0.2) is 9.18 Å². The molecule has 1 aliphatic heterocycles. The summed E-state index contributed by atoms with van der Waals surface area (Å²) in [5.41, 5.74) is 0.799. The molecular weight excluding hydrogens is 379 g/mol. The molecule has 0 saturated carbocycles. The summed E-state index contributed by atoms with van der Waals surface area (Å²) in [4.78, 5) is 35.7. The van der Waals surface area contributed by atoms with Crippen molar-refractivity contribution in [3.8, 4) is 5.75 Å². The van der Waals surface area contributed by atoms with Gasteiger partial charge in [0, 0.05) is 0 Å². The molecule has 3 rings (SSSR count). The lowest BCUT2D eigenvalue weighted by Crippen LogP contribution is -2.30. The van der Waals surface area contributed by atoms with Gasteiger partial charge in [-0.2, -0.15) is 0 Å². The predicted molar refractivity (Wildman–Crippen MR) is 95.5 cm³/mol. The van der Waals surface area contributed by atoms with E-state index in [-0.39, 0.29) is 28.8 Å². The molecule has 1 heterocycles. The van der Waals surface area contributed by atoms with E-state index in [1.165, 1.54) is 31.2 Å². The fourth-order valence-corrected chi connectivity index (χ4v) is 2.52. The van der Waals surface area contributed by atoms with E-state index in [1.807, 2.05) is 0 Å². The SMILES string of the molecule is CC(OC(=O)c1ccc2c(c1)OCC(=O)N2)C(=O)Nc1ccc(F)cc1Cl. The lowest BCUT2D eigenvalue weighted by Gasteiger charge is -2.19. The van der Waals surface area contributed by atoms with Gasteiger partial charge in [0.25, 0.3) is 11.8 Å². The Balaban J connectivity index is 1.64. The monoisotopic (exact) mass is 392 g/mol. The van der Waals surface area contributed by atoms with Gasteiger partial charge in [-0.15, -0.1) is 0 Å². The van der Waals surface area contributed by atoms with Gasteiger partial charge in [-0.05, 0) is 43.3 Å². The van der Waals surface area contributed by atoms with E-state index in [0.717, 1.165) is 12.1 Å². The summed E-state index contributed by atoms with van der Waals surface area (Å²) < 4.78 is 23.4. The van der Waals surface area contributed by atoms with Crippen molar-refractivity contribution in [1.29, 1.82) is 0 Å². The molecule has 9 heteroatoms. The van der Waals surface area contributed by atoms with Crippen LogP contribution in [0.1, 0.15) is 17.3 Å². The first-order chi connectivity index (χ1) is 12.8. The number of nitrogens with one attached hydrogen (secondary N) is 2. The van der Waals surface area contributed by atoms with Gasteiger partial charge in [0.2, 0.25) is 0 Å². The van der Waals surface area contributed by atoms with Crippen LogP contribution >= 0.6 is 11.6 Å². The second kappa shape index (κ2) is 7.63. The van der Waals surface area contributed by atoms with Crippen molar-refractivity contribution in [2.75, 3.05) is 17.2 Å². The molecule has 0 aromatic heterocycles. The third-order valence-corrected chi connectivity index (χ3v) is 4.00. The number of ether oxygens (including phenoxy) is 2. The number of carbonyl (C=O) groups excluding carboxylic acids is 3. The molecule has 0 radical (unpaired) electrons. The standard InChI is InChI=1S/C18H14ClFN2O5/c1-9(17(24)22-13-5-3-11(20)7-12(13)19)27-18(25)10-2-4-14-15(6-10)26-8-16(23)21-14/h2-7,9H,8H2,1H3,(H,21,23)(H,22,24). The van der Waals surface area contributed by atoms with Crippen LogP contribution < -0.4 is 15.4 Å². The zero-order valence-electron chi connectivity index (χ0n) is 14.0. The van der Waals surface area contributed by atoms with Crippen molar-refractivity contribution in [2.24, 2.45) is 0 Å². The van der Waals surface area contributed by atoms with Gasteiger partial charge in [0.15, 0.2) is 12.7 Å². The van der Waals surface area contributed by atoms with Gasteiger partial charge in [-0.3, -0.25) is 9.59 Å². The van der Waals surface area contributed by atoms with Crippen LogP contribution in [0.15, 0.2) is 36.4 Å². The van der Waals surface area contributed by atoms with E-state index < -0.39 is 23.8 Å². The summed E-state index contributed by atoms with van der Waals surface area (Å²) in [5, 5.41) is 5.09. The number of rotatable bonds is 4. The minimum absolute atomic E-state index is 0.0239. The van der Waals surface area contributed by atoms with Gasteiger partial charge < -0.3 is 20.1 Å². The molecule has 1 unspecified atom stereocenters. The summed E-state index contributed by atoms with van der Waals surface area (Å²) in [5.74, 6) is -1.87. The zero-order chi connectivity index (χ0) is 19.6. The Kier molecular flexibility index (Phi) is 5.27. The van der Waals surface area contributed by atoms with Crippen molar-refractivity contribution >= 4 is 40.8 Å². The molecular formula is C18H14ClFN2O5. The van der Waals surface area contributed by atoms with E-state index in [9.17, 15) is 18.8 Å². The molecule has 0 aliphatic carbocycles. The average molecular weight is 393 g/mol. The molecule has 2 aromatic rings. The molecule has 2 N–H and O–H groups in total. The minimum Gasteiger partial charge on any atom is -0.482 e. The minimum atomic E-state index is -1.13. The second-order valence-corrected chi connectivity index (χ2v) is 6.12. The highest BCUT2D eigenvalue weighted by Gasteiger charge is 2.22. The van der Waals surface area contributed by atoms with Crippen LogP contribution in [0.25, 0.3) is 0 Å². The molecule has 2 amide bonds. The van der Waals surface area contributed by atoms with E-state index in [1.54, 1.807) is 0 Å². The first-order valence-electron chi connectivity index (χ1n) is 7.87. The Morgan fingerprint density at radius 3 is 2.81 bits per heavy atom. The van der Waals surface area contributed by atoms with Gasteiger partial charge in [0.1, 0.15) is 11.6 Å². The average Bonchev–Trinajstić information content (AvgIpc) is 2.63. The zero-order valence-corrected chi connectivity index (χ0v) is 14.8. The Labute approximate surface area is 158 Å². The van der Waals surface area contributed by atoms with E-state index >= 15 is 0 Å². The number of anilines is 2. The van der Waals surface area contributed by atoms with Crippen molar-refractivity contribution < 1.29 is 28.2 Å². The Hall–Kier alpha value is -3.13. The first-order valence-corrected chi connectivity index (χ1v) is 8.25. The van der Waals surface area contributed by atoms with Crippen molar-refractivity contribution in [3.63, 3.8) is 0 Å². The van der Waals surface area contributed by atoms with Crippen LogP contribution in [-0.2, 0) is 14.3 Å². The summed E-state index contributed by atoms with van der Waals surface area (Å²) in [6, 6.07) is 7.87. The molecule has 27 heavy (non-hydrogen) atoms. The number of benzene rings is 2. The number of amides is 2. The fourth-order valence-electron chi connectivity index (χ4n) is 2.31. The normalized spacial score (nSPS) is 13.7. The number of carbonyl (C=O) groups is 3. The van der Waals surface area contributed by atoms with Gasteiger partial charge in [0.05, 0.1) is 22.0 Å². The van der Waals surface area contributed by atoms with Crippen LogP contribution in [0.4, 0.5) is 15.8 Å².